The highest BCUT2D eigenvalue weighted by molar-refractivity contribution is 7.14. The van der Waals surface area contributed by atoms with Crippen molar-refractivity contribution in [1.82, 2.24) is 4.98 Å². The highest BCUT2D eigenvalue weighted by Gasteiger charge is 2.09. The highest BCUT2D eigenvalue weighted by atomic mass is 32.1. The molecule has 0 aliphatic heterocycles. The molecule has 3 aromatic rings. The molecule has 106 valence electrons. The molecule has 0 aliphatic rings. The average molecular weight is 296 g/mol. The van der Waals surface area contributed by atoms with E-state index in [-0.39, 0.29) is 5.91 Å². The van der Waals surface area contributed by atoms with Crippen molar-refractivity contribution in [3.05, 3.63) is 47.3 Å². The first-order valence-corrected chi connectivity index (χ1v) is 7.80. The van der Waals surface area contributed by atoms with Crippen LogP contribution in [-0.4, -0.2) is 10.9 Å². The van der Waals surface area contributed by atoms with Gasteiger partial charge in [0, 0.05) is 17.9 Å². The molecule has 0 radical (unpaired) electrons. The molecule has 0 aliphatic carbocycles. The number of aryl methyl sites for hydroxylation is 1. The molecule has 1 heterocycles. The molecule has 0 spiro atoms. The Balaban J connectivity index is 2.07. The molecular formula is C17H16N2OS. The summed E-state index contributed by atoms with van der Waals surface area (Å²) in [6.07, 6.45) is 1.03. The molecule has 3 nitrogen and oxygen atoms in total. The molecular weight excluding hydrogens is 280 g/mol. The van der Waals surface area contributed by atoms with Crippen molar-refractivity contribution in [2.45, 2.75) is 20.3 Å². The number of carbonyl (C=O) groups excluding carboxylic acids is 1. The minimum Gasteiger partial charge on any atom is -0.302 e. The quantitative estimate of drug-likeness (QED) is 0.774. The maximum absolute atomic E-state index is 11.1. The van der Waals surface area contributed by atoms with Crippen molar-refractivity contribution >= 4 is 33.1 Å². The van der Waals surface area contributed by atoms with Crippen molar-refractivity contribution in [2.24, 2.45) is 0 Å². The SMILES string of the molecule is CCc1ccc2c(-c3csc(NC(C)=O)n3)cccc2c1. The van der Waals surface area contributed by atoms with E-state index in [1.807, 2.05) is 5.38 Å². The van der Waals surface area contributed by atoms with Crippen LogP contribution in [0.1, 0.15) is 19.4 Å². The molecule has 0 saturated heterocycles. The van der Waals surface area contributed by atoms with E-state index in [0.717, 1.165) is 17.7 Å². The van der Waals surface area contributed by atoms with Gasteiger partial charge in [0.15, 0.2) is 5.13 Å². The van der Waals surface area contributed by atoms with Gasteiger partial charge >= 0.3 is 0 Å². The predicted octanol–water partition coefficient (Wildman–Crippen LogP) is 4.48. The summed E-state index contributed by atoms with van der Waals surface area (Å²) >= 11 is 1.45. The summed E-state index contributed by atoms with van der Waals surface area (Å²) in [4.78, 5) is 15.6. The number of benzene rings is 2. The van der Waals surface area contributed by atoms with E-state index < -0.39 is 0 Å². The third kappa shape index (κ3) is 2.81. The largest absolute Gasteiger partial charge is 0.302 e. The van der Waals surface area contributed by atoms with Crippen LogP contribution in [0.3, 0.4) is 0 Å². The second-order valence-electron chi connectivity index (χ2n) is 4.93. The third-order valence-corrected chi connectivity index (χ3v) is 4.17. The Hall–Kier alpha value is -2.20. The number of hydrogen-bond donors (Lipinski definition) is 1. The lowest BCUT2D eigenvalue weighted by molar-refractivity contribution is -0.114. The zero-order valence-electron chi connectivity index (χ0n) is 12.0. The number of nitrogens with zero attached hydrogens (tertiary/aromatic N) is 1. The summed E-state index contributed by atoms with van der Waals surface area (Å²) in [6.45, 7) is 3.65. The van der Waals surface area contributed by atoms with Crippen molar-refractivity contribution in [3.63, 3.8) is 0 Å². The summed E-state index contributed by atoms with van der Waals surface area (Å²) in [6, 6.07) is 12.8. The maximum atomic E-state index is 11.1. The van der Waals surface area contributed by atoms with Crippen LogP contribution in [0, 0.1) is 0 Å². The Labute approximate surface area is 127 Å². The lowest BCUT2D eigenvalue weighted by atomic mass is 10.00. The minimum atomic E-state index is -0.0959. The van der Waals surface area contributed by atoms with Crippen molar-refractivity contribution in [1.29, 1.82) is 0 Å². The highest BCUT2D eigenvalue weighted by Crippen LogP contribution is 2.31. The fourth-order valence-corrected chi connectivity index (χ4v) is 3.14. The topological polar surface area (TPSA) is 42.0 Å². The molecule has 0 saturated carbocycles. The number of carbonyl (C=O) groups is 1. The molecule has 1 N–H and O–H groups in total. The van der Waals surface area contributed by atoms with Gasteiger partial charge in [0.05, 0.1) is 5.69 Å². The van der Waals surface area contributed by atoms with Crippen molar-refractivity contribution in [3.8, 4) is 11.3 Å². The first-order chi connectivity index (χ1) is 10.2. The van der Waals surface area contributed by atoms with E-state index in [0.29, 0.717) is 5.13 Å². The van der Waals surface area contributed by atoms with E-state index >= 15 is 0 Å². The van der Waals surface area contributed by atoms with Crippen LogP contribution in [0.25, 0.3) is 22.0 Å². The standard InChI is InChI=1S/C17H16N2OS/c1-3-12-7-8-14-13(9-12)5-4-6-15(14)16-10-21-17(19-16)18-11(2)20/h4-10H,3H2,1-2H3,(H,18,19,20). The van der Waals surface area contributed by atoms with Crippen LogP contribution < -0.4 is 5.32 Å². The van der Waals surface area contributed by atoms with Gasteiger partial charge in [-0.3, -0.25) is 4.79 Å². The number of fused-ring (bicyclic) bond motifs is 1. The summed E-state index contributed by atoms with van der Waals surface area (Å²) in [5.41, 5.74) is 3.33. The van der Waals surface area contributed by atoms with Gasteiger partial charge in [-0.05, 0) is 22.8 Å². The molecule has 0 bridgehead atoms. The molecule has 21 heavy (non-hydrogen) atoms. The summed E-state index contributed by atoms with van der Waals surface area (Å²) in [5.74, 6) is -0.0959. The lowest BCUT2D eigenvalue weighted by Gasteiger charge is -2.06. The second kappa shape index (κ2) is 5.66. The Morgan fingerprint density at radius 1 is 1.29 bits per heavy atom. The van der Waals surface area contributed by atoms with Gasteiger partial charge in [0.2, 0.25) is 5.91 Å². The summed E-state index contributed by atoms with van der Waals surface area (Å²) in [5, 5.41) is 7.76. The van der Waals surface area contributed by atoms with Gasteiger partial charge in [-0.25, -0.2) is 4.98 Å². The second-order valence-corrected chi connectivity index (χ2v) is 5.79. The van der Waals surface area contributed by atoms with Crippen LogP contribution >= 0.6 is 11.3 Å². The van der Waals surface area contributed by atoms with Crippen molar-refractivity contribution in [2.75, 3.05) is 5.32 Å². The fraction of sp³-hybridized carbons (Fsp3) is 0.176. The van der Waals surface area contributed by atoms with Gasteiger partial charge in [-0.1, -0.05) is 43.3 Å². The molecule has 2 aromatic carbocycles. The third-order valence-electron chi connectivity index (χ3n) is 3.42. The van der Waals surface area contributed by atoms with Crippen LogP contribution in [-0.2, 0) is 11.2 Å². The number of rotatable bonds is 3. The molecule has 1 aromatic heterocycles. The van der Waals surface area contributed by atoms with Gasteiger partial charge in [-0.15, -0.1) is 11.3 Å². The van der Waals surface area contributed by atoms with Gasteiger partial charge in [0.1, 0.15) is 0 Å². The molecule has 3 rings (SSSR count). The Kier molecular flexibility index (Phi) is 3.71. The predicted molar refractivity (Wildman–Crippen MR) is 88.7 cm³/mol. The molecule has 0 fully saturated rings. The van der Waals surface area contributed by atoms with E-state index in [1.54, 1.807) is 0 Å². The summed E-state index contributed by atoms with van der Waals surface area (Å²) in [7, 11) is 0. The van der Waals surface area contributed by atoms with E-state index in [2.05, 4.69) is 53.6 Å². The average Bonchev–Trinajstić information content (AvgIpc) is 2.93. The summed E-state index contributed by atoms with van der Waals surface area (Å²) < 4.78 is 0. The lowest BCUT2D eigenvalue weighted by Crippen LogP contribution is -2.04. The number of aromatic nitrogens is 1. The number of hydrogen-bond acceptors (Lipinski definition) is 3. The smallest absolute Gasteiger partial charge is 0.223 e. The number of nitrogens with one attached hydrogen (secondary N) is 1. The number of anilines is 1. The van der Waals surface area contributed by atoms with E-state index in [1.165, 1.54) is 34.6 Å². The van der Waals surface area contributed by atoms with Gasteiger partial charge in [-0.2, -0.15) is 0 Å². The minimum absolute atomic E-state index is 0.0959. The Morgan fingerprint density at radius 3 is 2.90 bits per heavy atom. The first kappa shape index (κ1) is 13.8. The maximum Gasteiger partial charge on any atom is 0.223 e. The van der Waals surface area contributed by atoms with Gasteiger partial charge in [0.25, 0.3) is 0 Å². The molecule has 0 atom stereocenters. The zero-order chi connectivity index (χ0) is 14.8. The van der Waals surface area contributed by atoms with Crippen molar-refractivity contribution < 1.29 is 4.79 Å². The van der Waals surface area contributed by atoms with Gasteiger partial charge < -0.3 is 5.32 Å². The van der Waals surface area contributed by atoms with Crippen LogP contribution in [0.2, 0.25) is 0 Å². The molecule has 4 heteroatoms. The normalized spacial score (nSPS) is 10.8. The number of amides is 1. The monoisotopic (exact) mass is 296 g/mol. The van der Waals surface area contributed by atoms with Crippen LogP contribution in [0.15, 0.2) is 41.8 Å². The molecule has 0 unspecified atom stereocenters. The van der Waals surface area contributed by atoms with E-state index in [4.69, 9.17) is 0 Å². The first-order valence-electron chi connectivity index (χ1n) is 6.92. The van der Waals surface area contributed by atoms with Crippen LogP contribution in [0.4, 0.5) is 5.13 Å². The Bertz CT molecular complexity index is 807. The Morgan fingerprint density at radius 2 is 2.14 bits per heavy atom. The fourth-order valence-electron chi connectivity index (χ4n) is 2.38. The molecule has 1 amide bonds. The number of thiazole rings is 1. The van der Waals surface area contributed by atoms with E-state index in [9.17, 15) is 4.79 Å². The zero-order valence-corrected chi connectivity index (χ0v) is 12.8. The van der Waals surface area contributed by atoms with Crippen LogP contribution in [0.5, 0.6) is 0 Å².